The Morgan fingerprint density at radius 1 is 0.969 bits per heavy atom. The number of amidine groups is 1. The van der Waals surface area contributed by atoms with Gasteiger partial charge in [-0.25, -0.2) is 4.98 Å². The molecule has 1 aliphatic heterocycles. The largest absolute Gasteiger partial charge is 0.370 e. The fraction of sp³-hybridized carbons (Fsp3) is 0.200. The van der Waals surface area contributed by atoms with Gasteiger partial charge in [-0.15, -0.1) is 0 Å². The molecule has 2 heterocycles. The first kappa shape index (κ1) is 21.7. The molecule has 0 saturated carbocycles. The maximum atomic E-state index is 12.9. The van der Waals surface area contributed by atoms with Crippen LogP contribution in [0.4, 0.5) is 5.82 Å². The number of aliphatic imine (C=N–C) groups is 1. The number of hydrogen-bond acceptors (Lipinski definition) is 5. The highest BCUT2D eigenvalue weighted by Gasteiger charge is 2.14. The molecule has 4 rings (SSSR count). The zero-order valence-corrected chi connectivity index (χ0v) is 18.2. The van der Waals surface area contributed by atoms with Crippen LogP contribution in [0.3, 0.4) is 0 Å². The molecule has 2 aromatic carbocycles. The van der Waals surface area contributed by atoms with Crippen molar-refractivity contribution in [3.8, 4) is 0 Å². The highest BCUT2D eigenvalue weighted by molar-refractivity contribution is 6.30. The number of carbonyl (C=O) groups excluding carboxylic acids is 2. The second kappa shape index (κ2) is 10.2. The molecule has 32 heavy (non-hydrogen) atoms. The Morgan fingerprint density at radius 3 is 2.38 bits per heavy atom. The SMILES string of the molecule is O=C(Cc1ccccc1CC(=O)c1ccc(C2=NCCCN2)cc1)Nc1ccc(Cl)cn1. The molecule has 7 heteroatoms. The van der Waals surface area contributed by atoms with Crippen LogP contribution in [-0.4, -0.2) is 35.6 Å². The molecule has 162 valence electrons. The van der Waals surface area contributed by atoms with Crippen LogP contribution in [0.25, 0.3) is 0 Å². The number of benzene rings is 2. The third-order valence-electron chi connectivity index (χ3n) is 5.19. The molecule has 0 unspecified atom stereocenters. The van der Waals surface area contributed by atoms with E-state index in [0.29, 0.717) is 16.4 Å². The molecule has 0 fully saturated rings. The predicted octanol–water partition coefficient (Wildman–Crippen LogP) is 4.08. The molecule has 0 bridgehead atoms. The molecule has 1 amide bonds. The summed E-state index contributed by atoms with van der Waals surface area (Å²) in [5, 5.41) is 6.54. The van der Waals surface area contributed by atoms with E-state index < -0.39 is 0 Å². The monoisotopic (exact) mass is 446 g/mol. The normalized spacial score (nSPS) is 13.1. The molecule has 6 nitrogen and oxygen atoms in total. The molecule has 0 saturated heterocycles. The van der Waals surface area contributed by atoms with Gasteiger partial charge >= 0.3 is 0 Å². The lowest BCUT2D eigenvalue weighted by molar-refractivity contribution is -0.115. The number of amides is 1. The Balaban J connectivity index is 1.42. The van der Waals surface area contributed by atoms with E-state index in [4.69, 9.17) is 11.6 Å². The van der Waals surface area contributed by atoms with Crippen molar-refractivity contribution in [2.24, 2.45) is 4.99 Å². The van der Waals surface area contributed by atoms with Crippen LogP contribution in [0.2, 0.25) is 5.02 Å². The first-order valence-corrected chi connectivity index (χ1v) is 10.9. The second-order valence-corrected chi connectivity index (χ2v) is 7.98. The van der Waals surface area contributed by atoms with Crippen LogP contribution in [0.1, 0.15) is 33.5 Å². The number of aromatic nitrogens is 1. The van der Waals surface area contributed by atoms with E-state index in [0.717, 1.165) is 42.0 Å². The van der Waals surface area contributed by atoms with Crippen LogP contribution in [0, 0.1) is 0 Å². The Hall–Kier alpha value is -3.51. The number of ketones is 1. The summed E-state index contributed by atoms with van der Waals surface area (Å²) in [6.07, 6.45) is 2.89. The molecule has 1 aliphatic rings. The highest BCUT2D eigenvalue weighted by atomic mass is 35.5. The van der Waals surface area contributed by atoms with Crippen LogP contribution in [-0.2, 0) is 17.6 Å². The quantitative estimate of drug-likeness (QED) is 0.535. The first-order chi connectivity index (χ1) is 15.6. The van der Waals surface area contributed by atoms with Crippen LogP contribution in [0.5, 0.6) is 0 Å². The second-order valence-electron chi connectivity index (χ2n) is 7.54. The Labute approximate surface area is 191 Å². The summed E-state index contributed by atoms with van der Waals surface area (Å²) in [7, 11) is 0. The number of nitrogens with one attached hydrogen (secondary N) is 2. The lowest BCUT2D eigenvalue weighted by Gasteiger charge is -2.15. The standard InChI is InChI=1S/C25H23ClN4O2/c26-21-10-11-23(29-16-21)30-24(32)15-20-5-2-1-4-19(20)14-22(31)17-6-8-18(9-7-17)25-27-12-3-13-28-25/h1-2,4-11,16H,3,12-15H2,(H,27,28)(H,29,30,32). The molecule has 3 aromatic rings. The van der Waals surface area contributed by atoms with Gasteiger partial charge < -0.3 is 10.6 Å². The highest BCUT2D eigenvalue weighted by Crippen LogP contribution is 2.16. The molecular formula is C25H23ClN4O2. The molecule has 1 aromatic heterocycles. The summed E-state index contributed by atoms with van der Waals surface area (Å²) in [5.41, 5.74) is 3.26. The van der Waals surface area contributed by atoms with Gasteiger partial charge in [0.1, 0.15) is 11.7 Å². The van der Waals surface area contributed by atoms with Crippen molar-refractivity contribution in [3.63, 3.8) is 0 Å². The van der Waals surface area contributed by atoms with Crippen molar-refractivity contribution < 1.29 is 9.59 Å². The number of rotatable bonds is 7. The number of carbonyl (C=O) groups is 2. The topological polar surface area (TPSA) is 83.5 Å². The first-order valence-electron chi connectivity index (χ1n) is 10.5. The smallest absolute Gasteiger partial charge is 0.229 e. The third-order valence-corrected chi connectivity index (χ3v) is 5.42. The van der Waals surface area contributed by atoms with E-state index in [1.54, 1.807) is 12.1 Å². The van der Waals surface area contributed by atoms with E-state index in [-0.39, 0.29) is 24.5 Å². The van der Waals surface area contributed by atoms with Gasteiger partial charge in [0.2, 0.25) is 5.91 Å². The van der Waals surface area contributed by atoms with E-state index in [1.165, 1.54) is 6.20 Å². The lowest BCUT2D eigenvalue weighted by atomic mass is 9.96. The van der Waals surface area contributed by atoms with Gasteiger partial charge in [-0.05, 0) is 29.7 Å². The van der Waals surface area contributed by atoms with E-state index in [9.17, 15) is 9.59 Å². The third kappa shape index (κ3) is 5.59. The van der Waals surface area contributed by atoms with Gasteiger partial charge in [-0.2, -0.15) is 0 Å². The zero-order chi connectivity index (χ0) is 22.3. The molecule has 0 radical (unpaired) electrons. The number of anilines is 1. The molecule has 2 N–H and O–H groups in total. The number of hydrogen-bond donors (Lipinski definition) is 2. The van der Waals surface area contributed by atoms with Crippen LogP contribution < -0.4 is 10.6 Å². The van der Waals surface area contributed by atoms with Crippen molar-refractivity contribution in [2.45, 2.75) is 19.3 Å². The summed E-state index contributed by atoms with van der Waals surface area (Å²) >= 11 is 5.83. The summed E-state index contributed by atoms with van der Waals surface area (Å²) < 4.78 is 0. The van der Waals surface area contributed by atoms with Crippen molar-refractivity contribution in [1.29, 1.82) is 0 Å². The summed E-state index contributed by atoms with van der Waals surface area (Å²) in [5.74, 6) is 1.11. The number of Topliss-reactive ketones (excluding diaryl/α,β-unsaturated/α-hetero) is 1. The van der Waals surface area contributed by atoms with Crippen molar-refractivity contribution in [1.82, 2.24) is 10.3 Å². The molecule has 0 aliphatic carbocycles. The lowest BCUT2D eigenvalue weighted by Crippen LogP contribution is -2.30. The average Bonchev–Trinajstić information content (AvgIpc) is 2.82. The van der Waals surface area contributed by atoms with Gasteiger partial charge in [0.25, 0.3) is 0 Å². The minimum absolute atomic E-state index is 0.00215. The number of nitrogens with zero attached hydrogens (tertiary/aromatic N) is 2. The van der Waals surface area contributed by atoms with Gasteiger partial charge in [0.05, 0.1) is 11.4 Å². The minimum atomic E-state index is -0.204. The zero-order valence-electron chi connectivity index (χ0n) is 17.5. The summed E-state index contributed by atoms with van der Waals surface area (Å²) in [6, 6.07) is 18.3. The summed E-state index contributed by atoms with van der Waals surface area (Å²) in [6.45, 7) is 1.74. The maximum Gasteiger partial charge on any atom is 0.229 e. The predicted molar refractivity (Wildman–Crippen MR) is 127 cm³/mol. The van der Waals surface area contributed by atoms with Crippen molar-refractivity contribution >= 4 is 34.9 Å². The fourth-order valence-electron chi connectivity index (χ4n) is 3.53. The van der Waals surface area contributed by atoms with Gasteiger partial charge in [-0.3, -0.25) is 14.6 Å². The van der Waals surface area contributed by atoms with Crippen LogP contribution in [0.15, 0.2) is 71.9 Å². The average molecular weight is 447 g/mol. The molecular weight excluding hydrogens is 424 g/mol. The number of pyridine rings is 1. The molecule has 0 spiro atoms. The van der Waals surface area contributed by atoms with Gasteiger partial charge in [0, 0.05) is 36.8 Å². The van der Waals surface area contributed by atoms with Crippen LogP contribution >= 0.6 is 11.6 Å². The van der Waals surface area contributed by atoms with E-state index in [1.807, 2.05) is 48.5 Å². The summed E-state index contributed by atoms with van der Waals surface area (Å²) in [4.78, 5) is 33.9. The van der Waals surface area contributed by atoms with E-state index in [2.05, 4.69) is 20.6 Å². The fourth-order valence-corrected chi connectivity index (χ4v) is 3.64. The minimum Gasteiger partial charge on any atom is -0.370 e. The van der Waals surface area contributed by atoms with Gasteiger partial charge in [-0.1, -0.05) is 60.1 Å². The maximum absolute atomic E-state index is 12.9. The number of halogens is 1. The van der Waals surface area contributed by atoms with Gasteiger partial charge in [0.15, 0.2) is 5.78 Å². The Kier molecular flexibility index (Phi) is 6.92. The molecule has 0 atom stereocenters. The van der Waals surface area contributed by atoms with Crippen molar-refractivity contribution in [3.05, 3.63) is 94.1 Å². The van der Waals surface area contributed by atoms with Crippen molar-refractivity contribution in [2.75, 3.05) is 18.4 Å². The Bertz CT molecular complexity index is 1140. The Morgan fingerprint density at radius 2 is 1.72 bits per heavy atom. The van der Waals surface area contributed by atoms with E-state index >= 15 is 0 Å².